The van der Waals surface area contributed by atoms with Gasteiger partial charge in [-0.15, -0.1) is 0 Å². The number of anilines is 1. The molecule has 3 aromatic heterocycles. The molecule has 1 fully saturated rings. The fraction of sp³-hybridized carbons (Fsp3) is 0.444. The van der Waals surface area contributed by atoms with Crippen LogP contribution in [0.3, 0.4) is 0 Å². The summed E-state index contributed by atoms with van der Waals surface area (Å²) < 4.78 is 4.40. The molecule has 1 aliphatic heterocycles. The maximum Gasteiger partial charge on any atom is 0.332 e. The molecule has 3 aromatic rings. The van der Waals surface area contributed by atoms with Gasteiger partial charge in [0.25, 0.3) is 5.56 Å². The zero-order chi connectivity index (χ0) is 19.0. The zero-order valence-corrected chi connectivity index (χ0v) is 15.6. The summed E-state index contributed by atoms with van der Waals surface area (Å²) in [6, 6.07) is 5.97. The third-order valence-electron chi connectivity index (χ3n) is 5.22. The molecule has 0 aromatic carbocycles. The van der Waals surface area contributed by atoms with E-state index in [1.807, 2.05) is 29.0 Å². The number of aryl methyl sites for hydroxylation is 1. The Labute approximate surface area is 156 Å². The lowest BCUT2D eigenvalue weighted by Crippen LogP contribution is -2.47. The van der Waals surface area contributed by atoms with Gasteiger partial charge in [0.2, 0.25) is 0 Å². The second-order valence-electron chi connectivity index (χ2n) is 6.83. The van der Waals surface area contributed by atoms with Gasteiger partial charge in [-0.3, -0.25) is 18.8 Å². The lowest BCUT2D eigenvalue weighted by molar-refractivity contribution is 0.248. The minimum Gasteiger partial charge on any atom is -0.354 e. The first-order chi connectivity index (χ1) is 13.1. The molecule has 4 rings (SSSR count). The van der Waals surface area contributed by atoms with Crippen LogP contribution in [0.15, 0.2) is 40.3 Å². The van der Waals surface area contributed by atoms with E-state index < -0.39 is 0 Å². The summed E-state index contributed by atoms with van der Waals surface area (Å²) in [6.07, 6.45) is 3.47. The molecule has 1 aliphatic rings. The Kier molecular flexibility index (Phi) is 4.53. The fourth-order valence-corrected chi connectivity index (χ4v) is 3.56. The molecule has 27 heavy (non-hydrogen) atoms. The van der Waals surface area contributed by atoms with E-state index in [4.69, 9.17) is 0 Å². The normalized spacial score (nSPS) is 15.6. The van der Waals surface area contributed by atoms with Crippen molar-refractivity contribution in [2.45, 2.75) is 6.54 Å². The Balaban J connectivity index is 1.45. The number of hydrogen-bond donors (Lipinski definition) is 0. The number of imidazole rings is 1. The van der Waals surface area contributed by atoms with Crippen LogP contribution < -0.4 is 16.1 Å². The predicted octanol–water partition coefficient (Wildman–Crippen LogP) is -0.349. The van der Waals surface area contributed by atoms with Gasteiger partial charge in [-0.25, -0.2) is 14.8 Å². The largest absolute Gasteiger partial charge is 0.354 e. The third-order valence-corrected chi connectivity index (χ3v) is 5.22. The summed E-state index contributed by atoms with van der Waals surface area (Å²) in [5, 5.41) is 0. The van der Waals surface area contributed by atoms with Crippen molar-refractivity contribution in [3.8, 4) is 0 Å². The summed E-state index contributed by atoms with van der Waals surface area (Å²) in [7, 11) is 3.14. The Morgan fingerprint density at radius 2 is 1.74 bits per heavy atom. The van der Waals surface area contributed by atoms with E-state index in [-0.39, 0.29) is 11.2 Å². The van der Waals surface area contributed by atoms with Gasteiger partial charge in [-0.1, -0.05) is 6.07 Å². The van der Waals surface area contributed by atoms with Gasteiger partial charge in [0, 0.05) is 59.6 Å². The number of aromatic nitrogens is 5. The van der Waals surface area contributed by atoms with E-state index in [2.05, 4.69) is 19.8 Å². The highest BCUT2D eigenvalue weighted by Gasteiger charge is 2.19. The molecule has 0 N–H and O–H groups in total. The standard InChI is InChI=1S/C18H23N7O2/c1-21-16-15(17(26)22(2)18(21)27)25(13-20-16)12-9-23-7-10-24(11-8-23)14-5-3-4-6-19-14/h3-6,13H,7-12H2,1-2H3. The molecular weight excluding hydrogens is 346 g/mol. The van der Waals surface area contributed by atoms with Crippen LogP contribution in [0.25, 0.3) is 11.2 Å². The van der Waals surface area contributed by atoms with Crippen molar-refractivity contribution >= 4 is 17.0 Å². The van der Waals surface area contributed by atoms with Gasteiger partial charge in [-0.2, -0.15) is 0 Å². The zero-order valence-electron chi connectivity index (χ0n) is 15.6. The van der Waals surface area contributed by atoms with Crippen molar-refractivity contribution < 1.29 is 0 Å². The molecule has 0 radical (unpaired) electrons. The maximum absolute atomic E-state index is 12.5. The molecule has 9 heteroatoms. The summed E-state index contributed by atoms with van der Waals surface area (Å²) in [5.74, 6) is 1.02. The van der Waals surface area contributed by atoms with Gasteiger partial charge < -0.3 is 9.47 Å². The Morgan fingerprint density at radius 3 is 2.44 bits per heavy atom. The minimum absolute atomic E-state index is 0.300. The van der Waals surface area contributed by atoms with Crippen LogP contribution in [0, 0.1) is 0 Å². The van der Waals surface area contributed by atoms with Crippen molar-refractivity contribution in [1.82, 2.24) is 28.6 Å². The average molecular weight is 369 g/mol. The lowest BCUT2D eigenvalue weighted by atomic mass is 10.3. The number of pyridine rings is 1. The molecule has 0 spiro atoms. The molecule has 1 saturated heterocycles. The lowest BCUT2D eigenvalue weighted by Gasteiger charge is -2.35. The second-order valence-corrected chi connectivity index (χ2v) is 6.83. The highest BCUT2D eigenvalue weighted by atomic mass is 16.2. The van der Waals surface area contributed by atoms with Crippen molar-refractivity contribution in [1.29, 1.82) is 0 Å². The minimum atomic E-state index is -0.358. The average Bonchev–Trinajstić information content (AvgIpc) is 3.14. The molecule has 9 nitrogen and oxygen atoms in total. The van der Waals surface area contributed by atoms with Crippen LogP contribution in [0.4, 0.5) is 5.82 Å². The molecule has 0 saturated carbocycles. The predicted molar refractivity (Wildman–Crippen MR) is 103 cm³/mol. The van der Waals surface area contributed by atoms with Crippen LogP contribution in [-0.2, 0) is 20.6 Å². The molecule has 0 aliphatic carbocycles. The Bertz CT molecular complexity index is 1060. The summed E-state index contributed by atoms with van der Waals surface area (Å²) in [5.41, 5.74) is 0.253. The van der Waals surface area contributed by atoms with Gasteiger partial charge in [0.15, 0.2) is 11.2 Å². The highest BCUT2D eigenvalue weighted by Crippen LogP contribution is 2.13. The number of hydrogen-bond acceptors (Lipinski definition) is 6. The second kappa shape index (κ2) is 6.99. The van der Waals surface area contributed by atoms with E-state index in [9.17, 15) is 9.59 Å². The Hall–Kier alpha value is -2.94. The van der Waals surface area contributed by atoms with Crippen LogP contribution in [-0.4, -0.2) is 61.3 Å². The van der Waals surface area contributed by atoms with E-state index in [0.717, 1.165) is 43.1 Å². The van der Waals surface area contributed by atoms with Crippen molar-refractivity contribution in [2.75, 3.05) is 37.6 Å². The molecule has 4 heterocycles. The highest BCUT2D eigenvalue weighted by molar-refractivity contribution is 5.69. The van der Waals surface area contributed by atoms with Gasteiger partial charge >= 0.3 is 5.69 Å². The topological polar surface area (TPSA) is 81.2 Å². The molecule has 0 amide bonds. The number of fused-ring (bicyclic) bond motifs is 1. The van der Waals surface area contributed by atoms with Crippen LogP contribution in [0.5, 0.6) is 0 Å². The monoisotopic (exact) mass is 369 g/mol. The van der Waals surface area contributed by atoms with Crippen molar-refractivity contribution in [3.63, 3.8) is 0 Å². The maximum atomic E-state index is 12.5. The SMILES string of the molecule is Cn1c(=O)c2c(ncn2CCN2CCN(c3ccccn3)CC2)n(C)c1=O. The molecular formula is C18H23N7O2. The van der Waals surface area contributed by atoms with Crippen molar-refractivity contribution in [3.05, 3.63) is 51.6 Å². The van der Waals surface area contributed by atoms with Crippen LogP contribution in [0.1, 0.15) is 0 Å². The number of rotatable bonds is 4. The molecule has 0 unspecified atom stereocenters. The van der Waals surface area contributed by atoms with Gasteiger partial charge in [-0.05, 0) is 12.1 Å². The first-order valence-corrected chi connectivity index (χ1v) is 9.05. The summed E-state index contributed by atoms with van der Waals surface area (Å²) in [4.78, 5) is 37.9. The fourth-order valence-electron chi connectivity index (χ4n) is 3.56. The molecule has 0 bridgehead atoms. The number of nitrogens with zero attached hydrogens (tertiary/aromatic N) is 7. The summed E-state index contributed by atoms with van der Waals surface area (Å²) >= 11 is 0. The Morgan fingerprint density at radius 1 is 0.963 bits per heavy atom. The van der Waals surface area contributed by atoms with E-state index in [0.29, 0.717) is 17.7 Å². The van der Waals surface area contributed by atoms with Crippen LogP contribution in [0.2, 0.25) is 0 Å². The first-order valence-electron chi connectivity index (χ1n) is 9.05. The first kappa shape index (κ1) is 17.5. The summed E-state index contributed by atoms with van der Waals surface area (Å²) in [6.45, 7) is 5.23. The van der Waals surface area contributed by atoms with Crippen molar-refractivity contribution in [2.24, 2.45) is 14.1 Å². The van der Waals surface area contributed by atoms with Gasteiger partial charge in [0.05, 0.1) is 6.33 Å². The molecule has 0 atom stereocenters. The smallest absolute Gasteiger partial charge is 0.332 e. The third kappa shape index (κ3) is 3.14. The van der Waals surface area contributed by atoms with E-state index >= 15 is 0 Å². The van der Waals surface area contributed by atoms with Crippen LogP contribution >= 0.6 is 0 Å². The quantitative estimate of drug-likeness (QED) is 0.625. The molecule has 142 valence electrons. The van der Waals surface area contributed by atoms with E-state index in [1.165, 1.54) is 11.6 Å². The van der Waals surface area contributed by atoms with E-state index in [1.54, 1.807) is 13.4 Å². The van der Waals surface area contributed by atoms with Gasteiger partial charge in [0.1, 0.15) is 5.82 Å². The number of piperazine rings is 1.